The van der Waals surface area contributed by atoms with Crippen LogP contribution < -0.4 is 9.62 Å². The zero-order chi connectivity index (χ0) is 12.2. The lowest BCUT2D eigenvalue weighted by molar-refractivity contribution is -0.891. The molecule has 0 fully saturated rings. The average Bonchev–Trinajstić information content (AvgIpc) is 2.71. The topological polar surface area (TPSA) is 63.8 Å². The zero-order valence-electron chi connectivity index (χ0n) is 9.86. The molecule has 0 aliphatic heterocycles. The van der Waals surface area contributed by atoms with Crippen molar-refractivity contribution in [2.75, 3.05) is 26.4 Å². The number of sulfonamides is 1. The second-order valence-electron chi connectivity index (χ2n) is 3.90. The quantitative estimate of drug-likeness (QED) is 0.706. The minimum Gasteiger partial charge on any atom is -0.463 e. The summed E-state index contributed by atoms with van der Waals surface area (Å²) in [6.07, 6.45) is 1.60. The summed E-state index contributed by atoms with van der Waals surface area (Å²) in [5, 5.41) is 0. The van der Waals surface area contributed by atoms with Gasteiger partial charge in [0.15, 0.2) is 11.8 Å². The van der Waals surface area contributed by atoms with Crippen LogP contribution in [0.3, 0.4) is 0 Å². The maximum atomic E-state index is 11.3. The smallest absolute Gasteiger partial charge is 0.211 e. The van der Waals surface area contributed by atoms with E-state index in [0.29, 0.717) is 6.54 Å². The zero-order valence-corrected chi connectivity index (χ0v) is 10.7. The Balaban J connectivity index is 2.68. The standard InChI is InChI=1S/C10H18N2O3S/c1-4-16(13,14)11-8-9(12(2)3)10-6-5-7-15-10/h5-7,9,11H,4,8H2,1-3H3/p+1/t9-/m0/s1. The minimum absolute atomic E-state index is 0.00340. The van der Waals surface area contributed by atoms with Crippen LogP contribution in [-0.4, -0.2) is 34.8 Å². The molecule has 1 aromatic heterocycles. The number of likely N-dealkylation sites (N-methyl/N-ethyl adjacent to an activating group) is 1. The fourth-order valence-electron chi connectivity index (χ4n) is 1.39. The summed E-state index contributed by atoms with van der Waals surface area (Å²) in [5.74, 6) is 0.888. The Bertz CT molecular complexity index is 398. The Hall–Kier alpha value is -0.850. The van der Waals surface area contributed by atoms with Gasteiger partial charge in [0, 0.05) is 0 Å². The lowest BCUT2D eigenvalue weighted by Crippen LogP contribution is -3.07. The molecular formula is C10H19N2O3S+. The van der Waals surface area contributed by atoms with Gasteiger partial charge in [-0.15, -0.1) is 0 Å². The molecule has 0 bridgehead atoms. The predicted molar refractivity (Wildman–Crippen MR) is 61.7 cm³/mol. The third-order valence-electron chi connectivity index (χ3n) is 2.47. The molecule has 1 rings (SSSR count). The molecule has 0 spiro atoms. The van der Waals surface area contributed by atoms with Crippen LogP contribution in [0.5, 0.6) is 0 Å². The molecule has 0 aliphatic rings. The van der Waals surface area contributed by atoms with E-state index in [-0.39, 0.29) is 11.8 Å². The van der Waals surface area contributed by atoms with Crippen molar-refractivity contribution in [2.45, 2.75) is 13.0 Å². The maximum absolute atomic E-state index is 11.3. The third kappa shape index (κ3) is 3.62. The van der Waals surface area contributed by atoms with Crippen molar-refractivity contribution in [1.82, 2.24) is 4.72 Å². The van der Waals surface area contributed by atoms with Crippen LogP contribution in [0.4, 0.5) is 0 Å². The first-order chi connectivity index (χ1) is 7.46. The number of nitrogens with one attached hydrogen (secondary N) is 2. The van der Waals surface area contributed by atoms with Gasteiger partial charge in [0.05, 0.1) is 32.7 Å². The first kappa shape index (κ1) is 13.2. The molecule has 16 heavy (non-hydrogen) atoms. The van der Waals surface area contributed by atoms with Gasteiger partial charge in [0.2, 0.25) is 10.0 Å². The Labute approximate surface area is 96.5 Å². The number of furan rings is 1. The summed E-state index contributed by atoms with van der Waals surface area (Å²) < 4.78 is 30.6. The fraction of sp³-hybridized carbons (Fsp3) is 0.600. The first-order valence-electron chi connectivity index (χ1n) is 5.27. The van der Waals surface area contributed by atoms with Gasteiger partial charge >= 0.3 is 0 Å². The van der Waals surface area contributed by atoms with Gasteiger partial charge in [0.1, 0.15) is 0 Å². The van der Waals surface area contributed by atoms with E-state index in [2.05, 4.69) is 4.72 Å². The number of quaternary nitrogens is 1. The van der Waals surface area contributed by atoms with Crippen LogP contribution >= 0.6 is 0 Å². The van der Waals surface area contributed by atoms with Crippen molar-refractivity contribution in [3.63, 3.8) is 0 Å². The molecule has 92 valence electrons. The van der Waals surface area contributed by atoms with E-state index in [1.165, 1.54) is 0 Å². The van der Waals surface area contributed by atoms with E-state index in [0.717, 1.165) is 10.7 Å². The molecule has 1 aromatic rings. The summed E-state index contributed by atoms with van der Waals surface area (Å²) in [6.45, 7) is 1.97. The van der Waals surface area contributed by atoms with Crippen LogP contribution in [0.25, 0.3) is 0 Å². The van der Waals surface area contributed by atoms with E-state index in [4.69, 9.17) is 4.42 Å². The minimum atomic E-state index is -3.14. The second kappa shape index (κ2) is 5.47. The Kier molecular flexibility index (Phi) is 4.52. The van der Waals surface area contributed by atoms with Gasteiger partial charge in [-0.25, -0.2) is 13.1 Å². The molecule has 0 saturated heterocycles. The van der Waals surface area contributed by atoms with Gasteiger partial charge < -0.3 is 9.32 Å². The Morgan fingerprint density at radius 2 is 2.19 bits per heavy atom. The molecule has 0 amide bonds. The fourth-order valence-corrected chi connectivity index (χ4v) is 2.02. The van der Waals surface area contributed by atoms with Crippen molar-refractivity contribution in [2.24, 2.45) is 0 Å². The van der Waals surface area contributed by atoms with Crippen LogP contribution in [0.1, 0.15) is 18.7 Å². The molecule has 0 unspecified atom stereocenters. The highest BCUT2D eigenvalue weighted by Crippen LogP contribution is 2.09. The summed E-state index contributed by atoms with van der Waals surface area (Å²) in [6, 6.07) is 3.66. The molecule has 0 aliphatic carbocycles. The van der Waals surface area contributed by atoms with Gasteiger partial charge in [-0.1, -0.05) is 0 Å². The molecule has 0 saturated carbocycles. The van der Waals surface area contributed by atoms with Crippen molar-refractivity contribution >= 4 is 10.0 Å². The Morgan fingerprint density at radius 3 is 2.62 bits per heavy atom. The van der Waals surface area contributed by atoms with Crippen LogP contribution in [0.2, 0.25) is 0 Å². The predicted octanol–water partition coefficient (Wildman–Crippen LogP) is -0.595. The largest absolute Gasteiger partial charge is 0.463 e. The van der Waals surface area contributed by atoms with Gasteiger partial charge in [-0.05, 0) is 19.1 Å². The van der Waals surface area contributed by atoms with E-state index in [9.17, 15) is 8.42 Å². The van der Waals surface area contributed by atoms with Gasteiger partial charge in [0.25, 0.3) is 0 Å². The molecule has 0 radical (unpaired) electrons. The average molecular weight is 247 g/mol. The number of rotatable bonds is 6. The maximum Gasteiger partial charge on any atom is 0.211 e. The number of hydrogen-bond donors (Lipinski definition) is 2. The molecule has 1 heterocycles. The summed E-state index contributed by atoms with van der Waals surface area (Å²) in [5.41, 5.74) is 0. The van der Waals surface area contributed by atoms with E-state index in [1.54, 1.807) is 19.3 Å². The van der Waals surface area contributed by atoms with Crippen LogP contribution in [0.15, 0.2) is 22.8 Å². The van der Waals surface area contributed by atoms with Crippen molar-refractivity contribution in [3.8, 4) is 0 Å². The van der Waals surface area contributed by atoms with Crippen molar-refractivity contribution in [1.29, 1.82) is 0 Å². The normalized spacial score (nSPS) is 14.2. The summed E-state index contributed by atoms with van der Waals surface area (Å²) in [7, 11) is 0.787. The summed E-state index contributed by atoms with van der Waals surface area (Å²) >= 11 is 0. The Morgan fingerprint density at radius 1 is 1.50 bits per heavy atom. The van der Waals surface area contributed by atoms with E-state index in [1.807, 2.05) is 20.2 Å². The van der Waals surface area contributed by atoms with Crippen LogP contribution in [-0.2, 0) is 10.0 Å². The highest BCUT2D eigenvalue weighted by atomic mass is 32.2. The summed E-state index contributed by atoms with van der Waals surface area (Å²) in [4.78, 5) is 1.12. The number of hydrogen-bond acceptors (Lipinski definition) is 3. The highest BCUT2D eigenvalue weighted by Gasteiger charge is 2.22. The van der Waals surface area contributed by atoms with Crippen LogP contribution in [0, 0.1) is 0 Å². The molecule has 1 atom stereocenters. The highest BCUT2D eigenvalue weighted by molar-refractivity contribution is 7.89. The molecule has 6 heteroatoms. The molecular weight excluding hydrogens is 228 g/mol. The van der Waals surface area contributed by atoms with Gasteiger partial charge in [-0.3, -0.25) is 0 Å². The lowest BCUT2D eigenvalue weighted by atomic mass is 10.2. The molecule has 5 nitrogen and oxygen atoms in total. The lowest BCUT2D eigenvalue weighted by Gasteiger charge is -2.19. The monoisotopic (exact) mass is 247 g/mol. The molecule has 0 aromatic carbocycles. The van der Waals surface area contributed by atoms with Crippen molar-refractivity contribution < 1.29 is 17.7 Å². The first-order valence-corrected chi connectivity index (χ1v) is 6.92. The second-order valence-corrected chi connectivity index (χ2v) is 5.99. The van der Waals surface area contributed by atoms with E-state index < -0.39 is 10.0 Å². The van der Waals surface area contributed by atoms with Gasteiger partial charge in [-0.2, -0.15) is 0 Å². The molecule has 2 N–H and O–H groups in total. The van der Waals surface area contributed by atoms with Crippen molar-refractivity contribution in [3.05, 3.63) is 24.2 Å². The van der Waals surface area contributed by atoms with E-state index >= 15 is 0 Å². The SMILES string of the molecule is CCS(=O)(=O)NC[C@@H](c1ccco1)[NH+](C)C. The third-order valence-corrected chi connectivity index (χ3v) is 3.84.